The minimum Gasteiger partial charge on any atom is -0.462 e. The summed E-state index contributed by atoms with van der Waals surface area (Å²) in [5.41, 5.74) is 0.416. The Kier molecular flexibility index (Phi) is 8.85. The normalized spacial score (nSPS) is 10.5. The fraction of sp³-hybridized carbons (Fsp3) is 0.667. The zero-order valence-electron chi connectivity index (χ0n) is 10.4. The van der Waals surface area contributed by atoms with Crippen molar-refractivity contribution in [1.29, 1.82) is 0 Å². The molecule has 0 unspecified atom stereocenters. The van der Waals surface area contributed by atoms with Crippen LogP contribution < -0.4 is 0 Å². The van der Waals surface area contributed by atoms with Crippen molar-refractivity contribution in [3.8, 4) is 0 Å². The molecule has 0 aromatic carbocycles. The second-order valence-electron chi connectivity index (χ2n) is 3.26. The lowest BCUT2D eigenvalue weighted by molar-refractivity contribution is -0.139. The smallest absolute Gasteiger partial charge is 0.333 e. The summed E-state index contributed by atoms with van der Waals surface area (Å²) in [6.45, 7) is 10.5. The van der Waals surface area contributed by atoms with Crippen molar-refractivity contribution in [3.63, 3.8) is 0 Å². The number of carbonyl (C=O) groups is 1. The highest BCUT2D eigenvalue weighted by molar-refractivity contribution is 5.86. The third-order valence-corrected chi connectivity index (χ3v) is 1.72. The summed E-state index contributed by atoms with van der Waals surface area (Å²) in [5, 5.41) is 0. The predicted molar refractivity (Wildman–Crippen MR) is 61.5 cm³/mol. The highest BCUT2D eigenvalue weighted by Gasteiger charge is 2.10. The third-order valence-electron chi connectivity index (χ3n) is 1.72. The van der Waals surface area contributed by atoms with Crippen molar-refractivity contribution in [1.82, 2.24) is 0 Å². The standard InChI is InChI=1S/C12H21O4/c1-5-14-11(15-6-2)8-7-9-16-12(13)10(3)4/h3,5-9H2,1-2,4H3. The first-order chi connectivity index (χ1) is 7.61. The minimum absolute atomic E-state index is 0.352. The molecule has 0 aromatic rings. The molecule has 0 aromatic heterocycles. The maximum Gasteiger partial charge on any atom is 0.333 e. The largest absolute Gasteiger partial charge is 0.462 e. The van der Waals surface area contributed by atoms with Gasteiger partial charge in [-0.3, -0.25) is 0 Å². The van der Waals surface area contributed by atoms with E-state index >= 15 is 0 Å². The van der Waals surface area contributed by atoms with Gasteiger partial charge in [-0.1, -0.05) is 6.58 Å². The first-order valence-corrected chi connectivity index (χ1v) is 5.55. The molecule has 0 spiro atoms. The molecule has 0 bridgehead atoms. The van der Waals surface area contributed by atoms with Crippen molar-refractivity contribution in [2.75, 3.05) is 19.8 Å². The molecule has 93 valence electrons. The van der Waals surface area contributed by atoms with Gasteiger partial charge in [0, 0.05) is 25.2 Å². The Morgan fingerprint density at radius 3 is 2.12 bits per heavy atom. The highest BCUT2D eigenvalue weighted by atomic mass is 16.7. The summed E-state index contributed by atoms with van der Waals surface area (Å²) < 4.78 is 15.5. The molecule has 16 heavy (non-hydrogen) atoms. The number of hydrogen-bond donors (Lipinski definition) is 0. The van der Waals surface area contributed by atoms with E-state index in [0.29, 0.717) is 44.5 Å². The molecule has 0 aliphatic rings. The summed E-state index contributed by atoms with van der Waals surface area (Å²) in [6, 6.07) is 0. The van der Waals surface area contributed by atoms with E-state index < -0.39 is 0 Å². The lowest BCUT2D eigenvalue weighted by Gasteiger charge is -2.14. The molecule has 1 radical (unpaired) electrons. The molecule has 0 saturated heterocycles. The van der Waals surface area contributed by atoms with Crippen molar-refractivity contribution < 1.29 is 19.0 Å². The molecule has 0 saturated carbocycles. The van der Waals surface area contributed by atoms with E-state index in [1.165, 1.54) is 0 Å². The van der Waals surface area contributed by atoms with E-state index in [0.717, 1.165) is 0 Å². The van der Waals surface area contributed by atoms with E-state index in [1.807, 2.05) is 13.8 Å². The van der Waals surface area contributed by atoms with Crippen LogP contribution in [0.2, 0.25) is 0 Å². The molecule has 0 N–H and O–H groups in total. The van der Waals surface area contributed by atoms with Gasteiger partial charge < -0.3 is 14.2 Å². The lowest BCUT2D eigenvalue weighted by Crippen LogP contribution is -2.11. The first kappa shape index (κ1) is 15.1. The molecule has 0 rings (SSSR count). The van der Waals surface area contributed by atoms with Crippen molar-refractivity contribution in [3.05, 3.63) is 18.4 Å². The molecule has 0 heterocycles. The number of esters is 1. The molecule has 0 amide bonds. The number of hydrogen-bond acceptors (Lipinski definition) is 4. The van der Waals surface area contributed by atoms with Crippen LogP contribution in [0, 0.1) is 6.29 Å². The van der Waals surface area contributed by atoms with Crippen LogP contribution >= 0.6 is 0 Å². The first-order valence-electron chi connectivity index (χ1n) is 5.55. The van der Waals surface area contributed by atoms with Gasteiger partial charge in [-0.2, -0.15) is 0 Å². The second kappa shape index (κ2) is 9.36. The van der Waals surface area contributed by atoms with Gasteiger partial charge in [0.05, 0.1) is 6.61 Å². The maximum absolute atomic E-state index is 11.0. The molecular formula is C12H21O4. The zero-order valence-corrected chi connectivity index (χ0v) is 10.4. The van der Waals surface area contributed by atoms with Gasteiger partial charge in [-0.25, -0.2) is 4.79 Å². The van der Waals surface area contributed by atoms with E-state index in [1.54, 1.807) is 6.92 Å². The van der Waals surface area contributed by atoms with Gasteiger partial charge >= 0.3 is 5.97 Å². The average Bonchev–Trinajstić information content (AvgIpc) is 2.24. The Morgan fingerprint density at radius 2 is 1.69 bits per heavy atom. The van der Waals surface area contributed by atoms with E-state index in [4.69, 9.17) is 14.2 Å². The summed E-state index contributed by atoms with van der Waals surface area (Å²) in [6.07, 6.45) is 1.94. The van der Waals surface area contributed by atoms with Crippen LogP contribution in [0.5, 0.6) is 0 Å². The molecule has 0 fully saturated rings. The van der Waals surface area contributed by atoms with Crippen molar-refractivity contribution in [2.45, 2.75) is 33.6 Å². The topological polar surface area (TPSA) is 44.8 Å². The van der Waals surface area contributed by atoms with Gasteiger partial charge in [0.1, 0.15) is 0 Å². The predicted octanol–water partition coefficient (Wildman–Crippen LogP) is 2.45. The maximum atomic E-state index is 11.0. The number of rotatable bonds is 9. The minimum atomic E-state index is -0.352. The fourth-order valence-electron chi connectivity index (χ4n) is 1.01. The van der Waals surface area contributed by atoms with Gasteiger partial charge in [-0.15, -0.1) is 0 Å². The SMILES string of the molecule is C=C(C)C(=O)OCCC[C](OCC)OCC. The van der Waals surface area contributed by atoms with Gasteiger partial charge in [0.25, 0.3) is 0 Å². The molecule has 0 aliphatic heterocycles. The highest BCUT2D eigenvalue weighted by Crippen LogP contribution is 2.12. The summed E-state index contributed by atoms with van der Waals surface area (Å²) in [4.78, 5) is 11.0. The Morgan fingerprint density at radius 1 is 1.12 bits per heavy atom. The molecule has 4 heteroatoms. The average molecular weight is 229 g/mol. The van der Waals surface area contributed by atoms with Crippen LogP contribution in [0.1, 0.15) is 33.6 Å². The number of ether oxygens (including phenoxy) is 3. The van der Waals surface area contributed by atoms with E-state index in [2.05, 4.69) is 6.58 Å². The van der Waals surface area contributed by atoms with Crippen LogP contribution in [0.15, 0.2) is 12.2 Å². The Hall–Kier alpha value is -0.870. The van der Waals surface area contributed by atoms with Crippen LogP contribution in [-0.4, -0.2) is 25.8 Å². The third kappa shape index (κ3) is 7.43. The number of carbonyl (C=O) groups excluding carboxylic acids is 1. The Balaban J connectivity index is 3.61. The quantitative estimate of drug-likeness (QED) is 0.346. The molecule has 0 atom stereocenters. The molecule has 4 nitrogen and oxygen atoms in total. The summed E-state index contributed by atoms with van der Waals surface area (Å²) in [7, 11) is 0. The lowest BCUT2D eigenvalue weighted by atomic mass is 10.3. The van der Waals surface area contributed by atoms with Crippen LogP contribution in [0.25, 0.3) is 0 Å². The van der Waals surface area contributed by atoms with Crippen molar-refractivity contribution >= 4 is 5.97 Å². The van der Waals surface area contributed by atoms with Crippen LogP contribution in [-0.2, 0) is 19.0 Å². The van der Waals surface area contributed by atoms with Gasteiger partial charge in [0.2, 0.25) is 6.29 Å². The van der Waals surface area contributed by atoms with E-state index in [-0.39, 0.29) is 5.97 Å². The Bertz CT molecular complexity index is 207. The van der Waals surface area contributed by atoms with Gasteiger partial charge in [0.15, 0.2) is 0 Å². The van der Waals surface area contributed by atoms with Crippen LogP contribution in [0.4, 0.5) is 0 Å². The summed E-state index contributed by atoms with van der Waals surface area (Å²) >= 11 is 0. The van der Waals surface area contributed by atoms with E-state index in [9.17, 15) is 4.79 Å². The van der Waals surface area contributed by atoms with Crippen LogP contribution in [0.3, 0.4) is 0 Å². The molecule has 0 aliphatic carbocycles. The monoisotopic (exact) mass is 229 g/mol. The zero-order chi connectivity index (χ0) is 12.4. The molecular weight excluding hydrogens is 208 g/mol. The Labute approximate surface area is 97.6 Å². The van der Waals surface area contributed by atoms with Gasteiger partial charge in [-0.05, 0) is 27.2 Å². The van der Waals surface area contributed by atoms with Crippen molar-refractivity contribution in [2.24, 2.45) is 0 Å². The summed E-state index contributed by atoms with van der Waals surface area (Å²) in [5.74, 6) is -0.352. The second-order valence-corrected chi connectivity index (χ2v) is 3.26. The fourth-order valence-corrected chi connectivity index (χ4v) is 1.01.